The van der Waals surface area contributed by atoms with Crippen molar-refractivity contribution in [2.45, 2.75) is 20.3 Å². The molecule has 3 aromatic rings. The molecular weight excluding hydrogens is 286 g/mol. The number of nitrogens with one attached hydrogen (secondary N) is 1. The number of hydrogen-bond acceptors (Lipinski definition) is 2. The fraction of sp³-hybridized carbons (Fsp3) is 0.158. The lowest BCUT2D eigenvalue weighted by atomic mass is 10.1. The first kappa shape index (κ1) is 15.0. The third-order valence-electron chi connectivity index (χ3n) is 3.71. The molecule has 0 fully saturated rings. The standard InChI is InChI=1S/C19H19N3O/c1-3-15-9-7-8-12-17(15)20-19(23)18-13-14(2)21-22(18)16-10-5-4-6-11-16/h4-13H,3H2,1-2H3,(H,20,23). The van der Waals surface area contributed by atoms with E-state index in [0.29, 0.717) is 5.69 Å². The monoisotopic (exact) mass is 305 g/mol. The molecule has 4 nitrogen and oxygen atoms in total. The second-order valence-corrected chi connectivity index (χ2v) is 5.38. The van der Waals surface area contributed by atoms with Crippen molar-refractivity contribution in [2.75, 3.05) is 5.32 Å². The molecule has 0 atom stereocenters. The van der Waals surface area contributed by atoms with Gasteiger partial charge in [0.15, 0.2) is 0 Å². The van der Waals surface area contributed by atoms with E-state index in [1.165, 1.54) is 0 Å². The number of amides is 1. The molecule has 0 aliphatic heterocycles. The van der Waals surface area contributed by atoms with Crippen LogP contribution in [0.5, 0.6) is 0 Å². The van der Waals surface area contributed by atoms with Crippen LogP contribution in [0, 0.1) is 6.92 Å². The minimum absolute atomic E-state index is 0.157. The molecule has 1 heterocycles. The number of nitrogens with zero attached hydrogens (tertiary/aromatic N) is 2. The SMILES string of the molecule is CCc1ccccc1NC(=O)c1cc(C)nn1-c1ccccc1. The summed E-state index contributed by atoms with van der Waals surface area (Å²) in [5.74, 6) is -0.157. The van der Waals surface area contributed by atoms with Gasteiger partial charge in [0.1, 0.15) is 5.69 Å². The highest BCUT2D eigenvalue weighted by molar-refractivity contribution is 6.04. The van der Waals surface area contributed by atoms with Gasteiger partial charge in [-0.05, 0) is 43.2 Å². The van der Waals surface area contributed by atoms with Gasteiger partial charge in [0.25, 0.3) is 5.91 Å². The minimum atomic E-state index is -0.157. The van der Waals surface area contributed by atoms with Gasteiger partial charge in [0.05, 0.1) is 11.4 Å². The Balaban J connectivity index is 1.94. The molecule has 0 aliphatic rings. The van der Waals surface area contributed by atoms with Crippen molar-refractivity contribution in [1.82, 2.24) is 9.78 Å². The topological polar surface area (TPSA) is 46.9 Å². The van der Waals surface area contributed by atoms with Crippen LogP contribution in [0.1, 0.15) is 28.7 Å². The minimum Gasteiger partial charge on any atom is -0.320 e. The third kappa shape index (κ3) is 3.16. The van der Waals surface area contributed by atoms with Crippen LogP contribution in [0.15, 0.2) is 60.7 Å². The van der Waals surface area contributed by atoms with Crippen LogP contribution < -0.4 is 5.32 Å². The Bertz CT molecular complexity index is 822. The molecule has 3 rings (SSSR count). The second-order valence-electron chi connectivity index (χ2n) is 5.38. The number of carbonyl (C=O) groups is 1. The first-order valence-corrected chi connectivity index (χ1v) is 7.70. The fourth-order valence-corrected chi connectivity index (χ4v) is 2.56. The summed E-state index contributed by atoms with van der Waals surface area (Å²) in [5, 5.41) is 7.44. The predicted molar refractivity (Wildman–Crippen MR) is 92.1 cm³/mol. The van der Waals surface area contributed by atoms with Crippen LogP contribution in [0.2, 0.25) is 0 Å². The van der Waals surface area contributed by atoms with Gasteiger partial charge in [-0.1, -0.05) is 43.3 Å². The van der Waals surface area contributed by atoms with Crippen molar-refractivity contribution < 1.29 is 4.79 Å². The molecule has 0 saturated carbocycles. The molecule has 0 saturated heterocycles. The molecule has 2 aromatic carbocycles. The van der Waals surface area contributed by atoms with Crippen LogP contribution in [-0.4, -0.2) is 15.7 Å². The molecule has 116 valence electrons. The highest BCUT2D eigenvalue weighted by Crippen LogP contribution is 2.18. The van der Waals surface area contributed by atoms with Crippen LogP contribution in [0.25, 0.3) is 5.69 Å². The van der Waals surface area contributed by atoms with E-state index in [2.05, 4.69) is 17.3 Å². The summed E-state index contributed by atoms with van der Waals surface area (Å²) in [7, 11) is 0. The van der Waals surface area contributed by atoms with Gasteiger partial charge in [-0.15, -0.1) is 0 Å². The molecule has 1 N–H and O–H groups in total. The average molecular weight is 305 g/mol. The van der Waals surface area contributed by atoms with E-state index in [4.69, 9.17) is 0 Å². The number of rotatable bonds is 4. The van der Waals surface area contributed by atoms with Gasteiger partial charge in [0, 0.05) is 5.69 Å². The summed E-state index contributed by atoms with van der Waals surface area (Å²) in [5.41, 5.74) is 4.17. The van der Waals surface area contributed by atoms with Gasteiger partial charge in [-0.2, -0.15) is 5.10 Å². The number of anilines is 1. The van der Waals surface area contributed by atoms with Gasteiger partial charge in [-0.3, -0.25) is 4.79 Å². The summed E-state index contributed by atoms with van der Waals surface area (Å²) in [6.45, 7) is 3.96. The van der Waals surface area contributed by atoms with Crippen molar-refractivity contribution in [1.29, 1.82) is 0 Å². The first-order valence-electron chi connectivity index (χ1n) is 7.70. The fourth-order valence-electron chi connectivity index (χ4n) is 2.56. The van der Waals surface area contributed by atoms with Crippen LogP contribution in [-0.2, 0) is 6.42 Å². The first-order chi connectivity index (χ1) is 11.2. The molecule has 0 radical (unpaired) electrons. The summed E-state index contributed by atoms with van der Waals surface area (Å²) in [4.78, 5) is 12.7. The molecule has 0 bridgehead atoms. The van der Waals surface area contributed by atoms with Crippen LogP contribution >= 0.6 is 0 Å². The largest absolute Gasteiger partial charge is 0.320 e. The molecule has 0 unspecified atom stereocenters. The number of benzene rings is 2. The number of hydrogen-bond donors (Lipinski definition) is 1. The quantitative estimate of drug-likeness (QED) is 0.792. The molecular formula is C19H19N3O. The zero-order valence-corrected chi connectivity index (χ0v) is 13.3. The predicted octanol–water partition coefficient (Wildman–Crippen LogP) is 4.00. The van der Waals surface area contributed by atoms with E-state index in [-0.39, 0.29) is 5.91 Å². The van der Waals surface area contributed by atoms with E-state index in [0.717, 1.165) is 29.1 Å². The maximum absolute atomic E-state index is 12.7. The number of aryl methyl sites for hydroxylation is 2. The summed E-state index contributed by atoms with van der Waals surface area (Å²) >= 11 is 0. The number of carbonyl (C=O) groups excluding carboxylic acids is 1. The molecule has 4 heteroatoms. The van der Waals surface area contributed by atoms with Crippen LogP contribution in [0.4, 0.5) is 5.69 Å². The van der Waals surface area contributed by atoms with Gasteiger partial charge in [-0.25, -0.2) is 4.68 Å². The van der Waals surface area contributed by atoms with Gasteiger partial charge < -0.3 is 5.32 Å². The molecule has 0 aliphatic carbocycles. The third-order valence-corrected chi connectivity index (χ3v) is 3.71. The number of para-hydroxylation sites is 2. The number of aromatic nitrogens is 2. The van der Waals surface area contributed by atoms with E-state index < -0.39 is 0 Å². The Morgan fingerprint density at radius 2 is 1.78 bits per heavy atom. The second kappa shape index (κ2) is 6.48. The Morgan fingerprint density at radius 3 is 2.52 bits per heavy atom. The lowest BCUT2D eigenvalue weighted by molar-refractivity contribution is 0.101. The zero-order chi connectivity index (χ0) is 16.2. The lowest BCUT2D eigenvalue weighted by Gasteiger charge is -2.11. The van der Waals surface area contributed by atoms with E-state index in [1.54, 1.807) is 10.7 Å². The van der Waals surface area contributed by atoms with Crippen molar-refractivity contribution in [3.05, 3.63) is 77.6 Å². The van der Waals surface area contributed by atoms with E-state index >= 15 is 0 Å². The van der Waals surface area contributed by atoms with Crippen molar-refractivity contribution >= 4 is 11.6 Å². The highest BCUT2D eigenvalue weighted by atomic mass is 16.2. The lowest BCUT2D eigenvalue weighted by Crippen LogP contribution is -2.17. The maximum atomic E-state index is 12.7. The Kier molecular flexibility index (Phi) is 4.24. The summed E-state index contributed by atoms with van der Waals surface area (Å²) in [6, 6.07) is 19.3. The summed E-state index contributed by atoms with van der Waals surface area (Å²) < 4.78 is 1.68. The summed E-state index contributed by atoms with van der Waals surface area (Å²) in [6.07, 6.45) is 0.868. The van der Waals surface area contributed by atoms with Crippen LogP contribution in [0.3, 0.4) is 0 Å². The zero-order valence-electron chi connectivity index (χ0n) is 13.3. The van der Waals surface area contributed by atoms with E-state index in [1.807, 2.05) is 61.5 Å². The highest BCUT2D eigenvalue weighted by Gasteiger charge is 2.16. The van der Waals surface area contributed by atoms with Gasteiger partial charge in [0.2, 0.25) is 0 Å². The molecule has 1 amide bonds. The molecule has 1 aromatic heterocycles. The maximum Gasteiger partial charge on any atom is 0.274 e. The van der Waals surface area contributed by atoms with Gasteiger partial charge >= 0.3 is 0 Å². The molecule has 0 spiro atoms. The van der Waals surface area contributed by atoms with Crippen molar-refractivity contribution in [3.8, 4) is 5.69 Å². The Hall–Kier alpha value is -2.88. The molecule has 23 heavy (non-hydrogen) atoms. The van der Waals surface area contributed by atoms with Crippen molar-refractivity contribution in [2.24, 2.45) is 0 Å². The smallest absolute Gasteiger partial charge is 0.274 e. The average Bonchev–Trinajstić information content (AvgIpc) is 2.98. The Morgan fingerprint density at radius 1 is 1.09 bits per heavy atom. The Labute approximate surface area is 135 Å². The normalized spacial score (nSPS) is 10.5. The van der Waals surface area contributed by atoms with E-state index in [9.17, 15) is 4.79 Å². The van der Waals surface area contributed by atoms with Crippen molar-refractivity contribution in [3.63, 3.8) is 0 Å².